The molecule has 0 saturated heterocycles. The fraction of sp³-hybridized carbons (Fsp3) is 0.300. The Hall–Kier alpha value is -2.33. The summed E-state index contributed by atoms with van der Waals surface area (Å²) in [5.74, 6) is -0.308. The van der Waals surface area contributed by atoms with Crippen molar-refractivity contribution >= 4 is 29.1 Å². The first-order valence-corrected chi connectivity index (χ1v) is 8.90. The predicted octanol–water partition coefficient (Wildman–Crippen LogP) is 4.57. The molecule has 0 atom stereocenters. The van der Waals surface area contributed by atoms with E-state index in [-0.39, 0.29) is 17.9 Å². The number of halogens is 1. The first kappa shape index (κ1) is 17.5. The molecule has 0 heterocycles. The summed E-state index contributed by atoms with van der Waals surface area (Å²) in [7, 11) is 0. The van der Waals surface area contributed by atoms with Gasteiger partial charge in [-0.3, -0.25) is 9.59 Å². The zero-order valence-electron chi connectivity index (χ0n) is 14.1. The SMILES string of the molecule is Cc1c(Cl)cccc1NC(=O)c1ccc(C(=O)NC2CCCC2)cc1. The molecule has 0 spiro atoms. The normalized spacial score (nSPS) is 14.3. The van der Waals surface area contributed by atoms with Crippen molar-refractivity contribution in [1.29, 1.82) is 0 Å². The zero-order valence-corrected chi connectivity index (χ0v) is 14.9. The van der Waals surface area contributed by atoms with Crippen LogP contribution in [-0.2, 0) is 0 Å². The number of amides is 2. The van der Waals surface area contributed by atoms with Crippen LogP contribution in [0, 0.1) is 6.92 Å². The van der Waals surface area contributed by atoms with E-state index in [0.717, 1.165) is 18.4 Å². The molecule has 2 amide bonds. The van der Waals surface area contributed by atoms with Crippen molar-refractivity contribution in [1.82, 2.24) is 5.32 Å². The van der Waals surface area contributed by atoms with Gasteiger partial charge in [0.15, 0.2) is 0 Å². The van der Waals surface area contributed by atoms with Crippen molar-refractivity contribution in [3.05, 3.63) is 64.2 Å². The zero-order chi connectivity index (χ0) is 17.8. The average molecular weight is 357 g/mol. The number of nitrogens with one attached hydrogen (secondary N) is 2. The van der Waals surface area contributed by atoms with Gasteiger partial charge >= 0.3 is 0 Å². The van der Waals surface area contributed by atoms with Crippen LogP contribution >= 0.6 is 11.6 Å². The largest absolute Gasteiger partial charge is 0.349 e. The van der Waals surface area contributed by atoms with Crippen LogP contribution in [0.3, 0.4) is 0 Å². The van der Waals surface area contributed by atoms with Gasteiger partial charge in [-0.25, -0.2) is 0 Å². The maximum atomic E-state index is 12.4. The van der Waals surface area contributed by atoms with Crippen molar-refractivity contribution in [2.45, 2.75) is 38.6 Å². The van der Waals surface area contributed by atoms with Crippen molar-refractivity contribution < 1.29 is 9.59 Å². The third kappa shape index (κ3) is 4.20. The van der Waals surface area contributed by atoms with Gasteiger partial charge in [-0.05, 0) is 61.7 Å². The molecule has 1 aliphatic rings. The van der Waals surface area contributed by atoms with E-state index in [2.05, 4.69) is 10.6 Å². The Labute approximate surface area is 152 Å². The van der Waals surface area contributed by atoms with Crippen LogP contribution in [0.25, 0.3) is 0 Å². The molecule has 1 fully saturated rings. The Balaban J connectivity index is 1.66. The molecule has 25 heavy (non-hydrogen) atoms. The van der Waals surface area contributed by atoms with Crippen LogP contribution in [-0.4, -0.2) is 17.9 Å². The first-order chi connectivity index (χ1) is 12.0. The summed E-state index contributed by atoms with van der Waals surface area (Å²) in [4.78, 5) is 24.6. The molecular formula is C20H21ClN2O2. The molecule has 1 aliphatic carbocycles. The number of hydrogen-bond acceptors (Lipinski definition) is 2. The third-order valence-electron chi connectivity index (χ3n) is 4.62. The minimum atomic E-state index is -0.229. The highest BCUT2D eigenvalue weighted by molar-refractivity contribution is 6.31. The highest BCUT2D eigenvalue weighted by atomic mass is 35.5. The Kier molecular flexibility index (Phi) is 5.39. The molecule has 130 valence electrons. The van der Waals surface area contributed by atoms with E-state index in [1.165, 1.54) is 12.8 Å². The van der Waals surface area contributed by atoms with E-state index >= 15 is 0 Å². The van der Waals surface area contributed by atoms with Gasteiger partial charge < -0.3 is 10.6 Å². The van der Waals surface area contributed by atoms with Crippen LogP contribution in [0.5, 0.6) is 0 Å². The third-order valence-corrected chi connectivity index (χ3v) is 5.03. The van der Waals surface area contributed by atoms with Gasteiger partial charge in [0.2, 0.25) is 0 Å². The fourth-order valence-electron chi connectivity index (χ4n) is 3.05. The molecule has 2 N–H and O–H groups in total. The van der Waals surface area contributed by atoms with E-state index < -0.39 is 0 Å². The second-order valence-corrected chi connectivity index (χ2v) is 6.81. The Morgan fingerprint density at radius 1 is 0.960 bits per heavy atom. The Morgan fingerprint density at radius 2 is 1.56 bits per heavy atom. The smallest absolute Gasteiger partial charge is 0.255 e. The van der Waals surface area contributed by atoms with Crippen LogP contribution < -0.4 is 10.6 Å². The number of hydrogen-bond donors (Lipinski definition) is 2. The van der Waals surface area contributed by atoms with Gasteiger partial charge in [0.1, 0.15) is 0 Å². The molecule has 0 unspecified atom stereocenters. The second kappa shape index (κ2) is 7.70. The number of carbonyl (C=O) groups is 2. The summed E-state index contributed by atoms with van der Waals surface area (Å²) in [5, 5.41) is 6.50. The van der Waals surface area contributed by atoms with E-state index in [1.807, 2.05) is 13.0 Å². The molecular weight excluding hydrogens is 336 g/mol. The molecule has 5 heteroatoms. The van der Waals surface area contributed by atoms with E-state index in [9.17, 15) is 9.59 Å². The number of carbonyl (C=O) groups excluding carboxylic acids is 2. The summed E-state index contributed by atoms with van der Waals surface area (Å²) >= 11 is 6.07. The molecule has 1 saturated carbocycles. The highest BCUT2D eigenvalue weighted by Crippen LogP contribution is 2.23. The quantitative estimate of drug-likeness (QED) is 0.842. The monoisotopic (exact) mass is 356 g/mol. The Morgan fingerprint density at radius 3 is 2.20 bits per heavy atom. The first-order valence-electron chi connectivity index (χ1n) is 8.52. The average Bonchev–Trinajstić information content (AvgIpc) is 3.12. The van der Waals surface area contributed by atoms with Gasteiger partial charge in [0.25, 0.3) is 11.8 Å². The van der Waals surface area contributed by atoms with Gasteiger partial charge in [-0.2, -0.15) is 0 Å². The van der Waals surface area contributed by atoms with Crippen LogP contribution in [0.2, 0.25) is 5.02 Å². The molecule has 0 radical (unpaired) electrons. The van der Waals surface area contributed by atoms with Crippen molar-refractivity contribution in [2.75, 3.05) is 5.32 Å². The lowest BCUT2D eigenvalue weighted by Crippen LogP contribution is -2.32. The predicted molar refractivity (Wildman–Crippen MR) is 100 cm³/mol. The van der Waals surface area contributed by atoms with Crippen LogP contribution in [0.4, 0.5) is 5.69 Å². The summed E-state index contributed by atoms with van der Waals surface area (Å²) in [6.45, 7) is 1.86. The van der Waals surface area contributed by atoms with Gasteiger partial charge in [0.05, 0.1) is 0 Å². The van der Waals surface area contributed by atoms with Crippen molar-refractivity contribution in [2.24, 2.45) is 0 Å². The van der Waals surface area contributed by atoms with Crippen LogP contribution in [0.15, 0.2) is 42.5 Å². The molecule has 2 aromatic rings. The molecule has 0 bridgehead atoms. The molecule has 2 aromatic carbocycles. The summed E-state index contributed by atoms with van der Waals surface area (Å²) in [5.41, 5.74) is 2.57. The minimum absolute atomic E-state index is 0.0791. The van der Waals surface area contributed by atoms with Gasteiger partial charge in [-0.15, -0.1) is 0 Å². The van der Waals surface area contributed by atoms with E-state index in [4.69, 9.17) is 11.6 Å². The number of rotatable bonds is 4. The Bertz CT molecular complexity index is 781. The standard InChI is InChI=1S/C20H21ClN2O2/c1-13-17(21)7-4-8-18(13)23-20(25)15-11-9-14(10-12-15)19(24)22-16-5-2-3-6-16/h4,7-12,16H,2-3,5-6H2,1H3,(H,22,24)(H,23,25). The van der Waals surface area contributed by atoms with Crippen LogP contribution in [0.1, 0.15) is 52.0 Å². The molecule has 4 nitrogen and oxygen atoms in total. The second-order valence-electron chi connectivity index (χ2n) is 6.40. The molecule has 0 aromatic heterocycles. The summed E-state index contributed by atoms with van der Waals surface area (Å²) in [6, 6.07) is 12.4. The summed E-state index contributed by atoms with van der Waals surface area (Å²) in [6.07, 6.45) is 4.44. The van der Waals surface area contributed by atoms with Crippen molar-refractivity contribution in [3.8, 4) is 0 Å². The lowest BCUT2D eigenvalue weighted by atomic mass is 10.1. The maximum Gasteiger partial charge on any atom is 0.255 e. The van der Waals surface area contributed by atoms with Crippen molar-refractivity contribution in [3.63, 3.8) is 0 Å². The molecule has 0 aliphatic heterocycles. The van der Waals surface area contributed by atoms with Gasteiger partial charge in [-0.1, -0.05) is 30.5 Å². The minimum Gasteiger partial charge on any atom is -0.349 e. The highest BCUT2D eigenvalue weighted by Gasteiger charge is 2.18. The lowest BCUT2D eigenvalue weighted by molar-refractivity contribution is 0.0936. The number of benzene rings is 2. The van der Waals surface area contributed by atoms with E-state index in [0.29, 0.717) is 21.8 Å². The molecule has 3 rings (SSSR count). The lowest BCUT2D eigenvalue weighted by Gasteiger charge is -2.12. The number of anilines is 1. The van der Waals surface area contributed by atoms with Gasteiger partial charge in [0, 0.05) is 27.9 Å². The topological polar surface area (TPSA) is 58.2 Å². The fourth-order valence-corrected chi connectivity index (χ4v) is 3.22. The maximum absolute atomic E-state index is 12.4. The van der Waals surface area contributed by atoms with E-state index in [1.54, 1.807) is 36.4 Å². The summed E-state index contributed by atoms with van der Waals surface area (Å²) < 4.78 is 0.